The molecule has 0 saturated heterocycles. The molecular formula is C30H21N3O. The van der Waals surface area contributed by atoms with E-state index in [4.69, 9.17) is 14.4 Å². The van der Waals surface area contributed by atoms with Crippen molar-refractivity contribution in [3.63, 3.8) is 0 Å². The van der Waals surface area contributed by atoms with Gasteiger partial charge >= 0.3 is 0 Å². The number of imidazole rings is 1. The van der Waals surface area contributed by atoms with Crippen molar-refractivity contribution in [1.82, 2.24) is 14.5 Å². The zero-order valence-corrected chi connectivity index (χ0v) is 18.9. The summed E-state index contributed by atoms with van der Waals surface area (Å²) < 4.78 is 8.71. The lowest BCUT2D eigenvalue weighted by Crippen LogP contribution is -1.98. The van der Waals surface area contributed by atoms with E-state index in [1.165, 1.54) is 5.56 Å². The molecule has 3 heterocycles. The van der Waals surface area contributed by atoms with Crippen LogP contribution in [0.4, 0.5) is 0 Å². The predicted molar refractivity (Wildman–Crippen MR) is 139 cm³/mol. The van der Waals surface area contributed by atoms with Crippen LogP contribution in [0.3, 0.4) is 0 Å². The third-order valence-electron chi connectivity index (χ3n) is 6.66. The molecule has 0 saturated carbocycles. The second kappa shape index (κ2) is 7.03. The van der Waals surface area contributed by atoms with E-state index in [1.807, 2.05) is 31.2 Å². The van der Waals surface area contributed by atoms with E-state index >= 15 is 0 Å². The number of rotatable bonds is 2. The number of aromatic nitrogens is 3. The van der Waals surface area contributed by atoms with E-state index in [0.29, 0.717) is 0 Å². The van der Waals surface area contributed by atoms with E-state index in [9.17, 15) is 0 Å². The maximum atomic E-state index is 6.45. The lowest BCUT2D eigenvalue weighted by atomic mass is 10.0. The zero-order valence-electron chi connectivity index (χ0n) is 18.9. The minimum atomic E-state index is 0.853. The van der Waals surface area contributed by atoms with Crippen LogP contribution in [0.5, 0.6) is 0 Å². The second-order valence-corrected chi connectivity index (χ2v) is 8.75. The van der Waals surface area contributed by atoms with Crippen LogP contribution >= 0.6 is 0 Å². The van der Waals surface area contributed by atoms with Gasteiger partial charge in [0.25, 0.3) is 0 Å². The summed E-state index contributed by atoms with van der Waals surface area (Å²) in [5, 5.41) is 3.35. The Morgan fingerprint density at radius 2 is 1.44 bits per heavy atom. The van der Waals surface area contributed by atoms with Crippen LogP contribution in [-0.2, 0) is 0 Å². The number of para-hydroxylation sites is 3. The standard InChI is InChI=1S/C30H21N3O/c1-18-16-17-23(29-26(18)22-13-7-9-15-25(22)34-29)30-32-27-19(2)31-24-14-8-6-12-21(24)28(27)33(30)20-10-4-3-5-11-20/h3-17H,1-2H3. The summed E-state index contributed by atoms with van der Waals surface area (Å²) in [7, 11) is 0. The lowest BCUT2D eigenvalue weighted by molar-refractivity contribution is 0.669. The fourth-order valence-electron chi connectivity index (χ4n) is 5.11. The lowest BCUT2D eigenvalue weighted by Gasteiger charge is -2.12. The van der Waals surface area contributed by atoms with Gasteiger partial charge in [0.2, 0.25) is 0 Å². The van der Waals surface area contributed by atoms with Crippen molar-refractivity contribution in [3.05, 3.63) is 102 Å². The molecule has 7 rings (SSSR count). The molecule has 3 aromatic heterocycles. The highest BCUT2D eigenvalue weighted by Gasteiger charge is 2.23. The average Bonchev–Trinajstić information content (AvgIpc) is 3.46. The maximum Gasteiger partial charge on any atom is 0.149 e. The first-order chi connectivity index (χ1) is 16.7. The molecule has 4 nitrogen and oxygen atoms in total. The van der Waals surface area contributed by atoms with Gasteiger partial charge in [-0.2, -0.15) is 0 Å². The van der Waals surface area contributed by atoms with E-state index < -0.39 is 0 Å². The molecular weight excluding hydrogens is 418 g/mol. The van der Waals surface area contributed by atoms with Crippen molar-refractivity contribution < 1.29 is 4.42 Å². The Labute approximate surface area is 196 Å². The van der Waals surface area contributed by atoms with Crippen LogP contribution in [-0.4, -0.2) is 14.5 Å². The SMILES string of the molecule is Cc1nc2ccccc2c2c1nc(-c1ccc(C)c3c1oc1ccccc13)n2-c1ccccc1. The first-order valence-electron chi connectivity index (χ1n) is 11.4. The summed E-state index contributed by atoms with van der Waals surface area (Å²) in [5.41, 5.74) is 8.82. The van der Waals surface area contributed by atoms with Crippen molar-refractivity contribution in [2.75, 3.05) is 0 Å². The van der Waals surface area contributed by atoms with E-state index in [0.717, 1.165) is 66.6 Å². The molecule has 0 aliphatic rings. The first kappa shape index (κ1) is 19.1. The van der Waals surface area contributed by atoms with Gasteiger partial charge in [0.15, 0.2) is 0 Å². The van der Waals surface area contributed by atoms with Gasteiger partial charge in [-0.05, 0) is 49.7 Å². The smallest absolute Gasteiger partial charge is 0.149 e. The Morgan fingerprint density at radius 3 is 2.29 bits per heavy atom. The van der Waals surface area contributed by atoms with Crippen LogP contribution < -0.4 is 0 Å². The molecule has 4 heteroatoms. The molecule has 34 heavy (non-hydrogen) atoms. The van der Waals surface area contributed by atoms with Crippen LogP contribution in [0.1, 0.15) is 11.3 Å². The van der Waals surface area contributed by atoms with Crippen LogP contribution in [0.25, 0.3) is 61.0 Å². The summed E-state index contributed by atoms with van der Waals surface area (Å²) in [6.07, 6.45) is 0. The minimum Gasteiger partial charge on any atom is -0.455 e. The second-order valence-electron chi connectivity index (χ2n) is 8.75. The molecule has 0 aliphatic heterocycles. The number of benzene rings is 4. The average molecular weight is 440 g/mol. The van der Waals surface area contributed by atoms with Gasteiger partial charge in [-0.3, -0.25) is 9.55 Å². The van der Waals surface area contributed by atoms with Gasteiger partial charge < -0.3 is 4.42 Å². The summed E-state index contributed by atoms with van der Waals surface area (Å²) in [6, 6.07) is 31.2. The van der Waals surface area contributed by atoms with Gasteiger partial charge in [0.1, 0.15) is 22.5 Å². The normalized spacial score (nSPS) is 11.8. The quantitative estimate of drug-likeness (QED) is 0.276. The molecule has 0 unspecified atom stereocenters. The predicted octanol–water partition coefficient (Wildman–Crippen LogP) is 7.76. The van der Waals surface area contributed by atoms with Gasteiger partial charge in [-0.15, -0.1) is 0 Å². The minimum absolute atomic E-state index is 0.853. The Bertz CT molecular complexity index is 1880. The largest absolute Gasteiger partial charge is 0.455 e. The van der Waals surface area contributed by atoms with Crippen molar-refractivity contribution in [2.24, 2.45) is 0 Å². The van der Waals surface area contributed by atoms with E-state index in [2.05, 4.69) is 78.2 Å². The van der Waals surface area contributed by atoms with Crippen molar-refractivity contribution in [3.8, 4) is 17.1 Å². The van der Waals surface area contributed by atoms with Crippen molar-refractivity contribution in [2.45, 2.75) is 13.8 Å². The fourth-order valence-corrected chi connectivity index (χ4v) is 5.11. The van der Waals surface area contributed by atoms with Crippen LogP contribution in [0, 0.1) is 13.8 Å². The monoisotopic (exact) mass is 439 g/mol. The topological polar surface area (TPSA) is 43.9 Å². The highest BCUT2D eigenvalue weighted by molar-refractivity contribution is 6.12. The molecule has 0 atom stereocenters. The summed E-state index contributed by atoms with van der Waals surface area (Å²) >= 11 is 0. The molecule has 0 spiro atoms. The van der Waals surface area contributed by atoms with Gasteiger partial charge in [0, 0.05) is 21.8 Å². The van der Waals surface area contributed by atoms with Crippen molar-refractivity contribution in [1.29, 1.82) is 0 Å². The Hall–Kier alpha value is -4.44. The summed E-state index contributed by atoms with van der Waals surface area (Å²) in [4.78, 5) is 10.1. The van der Waals surface area contributed by atoms with Crippen molar-refractivity contribution >= 4 is 43.9 Å². The number of nitrogens with zero attached hydrogens (tertiary/aromatic N) is 3. The maximum absolute atomic E-state index is 6.45. The zero-order chi connectivity index (χ0) is 22.8. The molecule has 162 valence electrons. The summed E-state index contributed by atoms with van der Waals surface area (Å²) in [6.45, 7) is 4.17. The fraction of sp³-hybridized carbons (Fsp3) is 0.0667. The number of pyridine rings is 1. The first-order valence-corrected chi connectivity index (χ1v) is 11.4. The highest BCUT2D eigenvalue weighted by Crippen LogP contribution is 2.40. The molecule has 0 amide bonds. The van der Waals surface area contributed by atoms with Crippen LogP contribution in [0.15, 0.2) is 95.4 Å². The van der Waals surface area contributed by atoms with Crippen LogP contribution in [0.2, 0.25) is 0 Å². The number of fused-ring (bicyclic) bond motifs is 6. The molecule has 0 N–H and O–H groups in total. The van der Waals surface area contributed by atoms with Gasteiger partial charge in [-0.25, -0.2) is 4.98 Å². The molecule has 0 radical (unpaired) electrons. The Kier molecular flexibility index (Phi) is 3.94. The highest BCUT2D eigenvalue weighted by atomic mass is 16.3. The third kappa shape index (κ3) is 2.59. The summed E-state index contributed by atoms with van der Waals surface area (Å²) in [5.74, 6) is 0.853. The number of hydrogen-bond donors (Lipinski definition) is 0. The molecule has 0 aliphatic carbocycles. The van der Waals surface area contributed by atoms with E-state index in [-0.39, 0.29) is 0 Å². The number of aryl methyl sites for hydroxylation is 2. The number of furan rings is 1. The molecule has 7 aromatic rings. The van der Waals surface area contributed by atoms with E-state index in [1.54, 1.807) is 0 Å². The molecule has 0 fully saturated rings. The number of hydrogen-bond acceptors (Lipinski definition) is 3. The van der Waals surface area contributed by atoms with Gasteiger partial charge in [0.05, 0.1) is 22.3 Å². The third-order valence-corrected chi connectivity index (χ3v) is 6.66. The Balaban J connectivity index is 1.69. The molecule has 0 bridgehead atoms. The van der Waals surface area contributed by atoms with Gasteiger partial charge in [-0.1, -0.05) is 60.7 Å². The molecule has 4 aromatic carbocycles. The Morgan fingerprint density at radius 1 is 0.706 bits per heavy atom.